The van der Waals surface area contributed by atoms with Crippen LogP contribution in [0.4, 0.5) is 0 Å². The Balaban J connectivity index is 2.25. The highest BCUT2D eigenvalue weighted by molar-refractivity contribution is 5.43. The van der Waals surface area contributed by atoms with Crippen molar-refractivity contribution in [1.82, 2.24) is 0 Å². The van der Waals surface area contributed by atoms with E-state index < -0.39 is 6.10 Å². The molecule has 21 heavy (non-hydrogen) atoms. The third kappa shape index (κ3) is 3.45. The normalized spacial score (nSPS) is 12.3. The molecule has 1 atom stereocenters. The number of aryl methyl sites for hydroxylation is 4. The predicted octanol–water partition coefficient (Wildman–Crippen LogP) is 4.20. The lowest BCUT2D eigenvalue weighted by atomic mass is 9.94. The highest BCUT2D eigenvalue weighted by atomic mass is 16.5. The average molecular weight is 284 g/mol. The number of ether oxygens (including phenoxy) is 1. The van der Waals surface area contributed by atoms with Crippen LogP contribution in [0.2, 0.25) is 0 Å². The van der Waals surface area contributed by atoms with Crippen molar-refractivity contribution in [3.8, 4) is 5.75 Å². The average Bonchev–Trinajstić information content (AvgIpc) is 2.44. The molecule has 0 bridgehead atoms. The van der Waals surface area contributed by atoms with Crippen molar-refractivity contribution in [3.63, 3.8) is 0 Å². The fraction of sp³-hybridized carbons (Fsp3) is 0.368. The summed E-state index contributed by atoms with van der Waals surface area (Å²) in [6.45, 7) is 8.23. The first kappa shape index (κ1) is 15.6. The van der Waals surface area contributed by atoms with Crippen LogP contribution in [0.5, 0.6) is 5.75 Å². The van der Waals surface area contributed by atoms with Crippen molar-refractivity contribution < 1.29 is 9.84 Å². The maximum absolute atomic E-state index is 10.6. The van der Waals surface area contributed by atoms with E-state index in [-0.39, 0.29) is 0 Å². The molecule has 2 heteroatoms. The number of benzene rings is 2. The van der Waals surface area contributed by atoms with Gasteiger partial charge in [-0.1, -0.05) is 18.2 Å². The molecule has 0 aliphatic rings. The van der Waals surface area contributed by atoms with E-state index in [1.54, 1.807) is 7.11 Å². The van der Waals surface area contributed by atoms with E-state index in [4.69, 9.17) is 4.74 Å². The van der Waals surface area contributed by atoms with Crippen molar-refractivity contribution in [3.05, 3.63) is 63.7 Å². The summed E-state index contributed by atoms with van der Waals surface area (Å²) in [7, 11) is 1.67. The maximum Gasteiger partial charge on any atom is 0.122 e. The molecule has 2 aromatic rings. The second-order valence-electron chi connectivity index (χ2n) is 5.82. The Hall–Kier alpha value is -1.80. The van der Waals surface area contributed by atoms with Crippen LogP contribution in [0.15, 0.2) is 30.3 Å². The van der Waals surface area contributed by atoms with Crippen molar-refractivity contribution in [1.29, 1.82) is 0 Å². The van der Waals surface area contributed by atoms with Gasteiger partial charge in [0.25, 0.3) is 0 Å². The standard InChI is InChI=1S/C19H24O2/c1-12-6-7-16(8-13(12)2)11-18(20)17-9-15(4)19(21-5)10-14(17)3/h6-10,18,20H,11H2,1-5H3. The monoisotopic (exact) mass is 284 g/mol. The number of aliphatic hydroxyl groups excluding tert-OH is 1. The molecule has 2 aromatic carbocycles. The largest absolute Gasteiger partial charge is 0.496 e. The number of hydrogen-bond donors (Lipinski definition) is 1. The van der Waals surface area contributed by atoms with Crippen LogP contribution in [0, 0.1) is 27.7 Å². The van der Waals surface area contributed by atoms with Crippen LogP contribution in [0.25, 0.3) is 0 Å². The molecule has 0 saturated heterocycles. The summed E-state index contributed by atoms with van der Waals surface area (Å²) in [5.74, 6) is 0.870. The van der Waals surface area contributed by atoms with Gasteiger partial charge in [0.05, 0.1) is 13.2 Å². The first-order chi connectivity index (χ1) is 9.92. The highest BCUT2D eigenvalue weighted by Crippen LogP contribution is 2.28. The van der Waals surface area contributed by atoms with Crippen LogP contribution in [0.1, 0.15) is 39.5 Å². The third-order valence-electron chi connectivity index (χ3n) is 4.14. The second kappa shape index (κ2) is 6.31. The molecular weight excluding hydrogens is 260 g/mol. The van der Waals surface area contributed by atoms with Gasteiger partial charge in [-0.2, -0.15) is 0 Å². The molecule has 2 rings (SSSR count). The molecule has 0 fully saturated rings. The van der Waals surface area contributed by atoms with Gasteiger partial charge in [0.15, 0.2) is 0 Å². The quantitative estimate of drug-likeness (QED) is 0.911. The van der Waals surface area contributed by atoms with Crippen molar-refractivity contribution in [2.75, 3.05) is 7.11 Å². The summed E-state index contributed by atoms with van der Waals surface area (Å²) in [4.78, 5) is 0. The van der Waals surface area contributed by atoms with Crippen LogP contribution in [-0.2, 0) is 6.42 Å². The summed E-state index contributed by atoms with van der Waals surface area (Å²) in [5, 5.41) is 10.6. The van der Waals surface area contributed by atoms with Crippen LogP contribution < -0.4 is 4.74 Å². The maximum atomic E-state index is 10.6. The van der Waals surface area contributed by atoms with Gasteiger partial charge in [-0.3, -0.25) is 0 Å². The molecule has 1 unspecified atom stereocenters. The lowest BCUT2D eigenvalue weighted by molar-refractivity contribution is 0.177. The van der Waals surface area contributed by atoms with E-state index >= 15 is 0 Å². The Morgan fingerprint density at radius 3 is 2.24 bits per heavy atom. The van der Waals surface area contributed by atoms with E-state index in [0.29, 0.717) is 6.42 Å². The zero-order valence-corrected chi connectivity index (χ0v) is 13.5. The number of aliphatic hydroxyl groups is 1. The molecule has 0 aromatic heterocycles. The molecule has 0 aliphatic carbocycles. The summed E-state index contributed by atoms with van der Waals surface area (Å²) < 4.78 is 5.33. The lowest BCUT2D eigenvalue weighted by Crippen LogP contribution is -2.05. The van der Waals surface area contributed by atoms with Gasteiger partial charge in [0.1, 0.15) is 5.75 Å². The minimum atomic E-state index is -0.489. The van der Waals surface area contributed by atoms with Crippen LogP contribution in [0.3, 0.4) is 0 Å². The van der Waals surface area contributed by atoms with E-state index in [1.165, 1.54) is 16.7 Å². The molecule has 0 saturated carbocycles. The summed E-state index contributed by atoms with van der Waals surface area (Å²) in [6, 6.07) is 10.4. The van der Waals surface area contributed by atoms with Gasteiger partial charge in [-0.15, -0.1) is 0 Å². The Labute approximate surface area is 127 Å². The molecule has 0 radical (unpaired) electrons. The van der Waals surface area contributed by atoms with Crippen molar-refractivity contribution in [2.45, 2.75) is 40.2 Å². The Kier molecular flexibility index (Phi) is 4.69. The molecule has 0 heterocycles. The Bertz CT molecular complexity index is 644. The van der Waals surface area contributed by atoms with E-state index in [2.05, 4.69) is 32.0 Å². The van der Waals surface area contributed by atoms with Crippen molar-refractivity contribution >= 4 is 0 Å². The first-order valence-corrected chi connectivity index (χ1v) is 7.31. The highest BCUT2D eigenvalue weighted by Gasteiger charge is 2.14. The van der Waals surface area contributed by atoms with E-state index in [0.717, 1.165) is 22.4 Å². The topological polar surface area (TPSA) is 29.5 Å². The summed E-state index contributed by atoms with van der Waals surface area (Å²) in [6.07, 6.45) is 0.144. The van der Waals surface area contributed by atoms with Crippen LogP contribution in [-0.4, -0.2) is 12.2 Å². The predicted molar refractivity (Wildman–Crippen MR) is 87.0 cm³/mol. The van der Waals surface area contributed by atoms with Gasteiger partial charge < -0.3 is 9.84 Å². The van der Waals surface area contributed by atoms with Gasteiger partial charge in [-0.05, 0) is 73.2 Å². The summed E-state index contributed by atoms with van der Waals surface area (Å²) >= 11 is 0. The smallest absolute Gasteiger partial charge is 0.122 e. The summed E-state index contributed by atoms with van der Waals surface area (Å²) in [5.41, 5.74) is 6.81. The zero-order valence-electron chi connectivity index (χ0n) is 13.5. The number of methoxy groups -OCH3 is 1. The van der Waals surface area contributed by atoms with Gasteiger partial charge in [0, 0.05) is 6.42 Å². The third-order valence-corrected chi connectivity index (χ3v) is 4.14. The molecule has 0 aliphatic heterocycles. The SMILES string of the molecule is COc1cc(C)c(C(O)Cc2ccc(C)c(C)c2)cc1C. The molecule has 1 N–H and O–H groups in total. The van der Waals surface area contributed by atoms with Crippen LogP contribution >= 0.6 is 0 Å². The molecule has 0 amide bonds. The zero-order chi connectivity index (χ0) is 15.6. The van der Waals surface area contributed by atoms with Gasteiger partial charge >= 0.3 is 0 Å². The van der Waals surface area contributed by atoms with E-state index in [9.17, 15) is 5.11 Å². The Morgan fingerprint density at radius 2 is 1.62 bits per heavy atom. The van der Waals surface area contributed by atoms with Crippen molar-refractivity contribution in [2.24, 2.45) is 0 Å². The fourth-order valence-corrected chi connectivity index (χ4v) is 2.65. The molecular formula is C19H24O2. The van der Waals surface area contributed by atoms with Gasteiger partial charge in [-0.25, -0.2) is 0 Å². The molecule has 0 spiro atoms. The second-order valence-corrected chi connectivity index (χ2v) is 5.82. The molecule has 112 valence electrons. The molecule has 2 nitrogen and oxygen atoms in total. The minimum Gasteiger partial charge on any atom is -0.496 e. The number of hydrogen-bond acceptors (Lipinski definition) is 2. The first-order valence-electron chi connectivity index (χ1n) is 7.31. The minimum absolute atomic E-state index is 0.489. The van der Waals surface area contributed by atoms with E-state index in [1.807, 2.05) is 26.0 Å². The van der Waals surface area contributed by atoms with Gasteiger partial charge in [0.2, 0.25) is 0 Å². The number of rotatable bonds is 4. The Morgan fingerprint density at radius 1 is 0.905 bits per heavy atom. The fourth-order valence-electron chi connectivity index (χ4n) is 2.65. The lowest BCUT2D eigenvalue weighted by Gasteiger charge is -2.17.